The van der Waals surface area contributed by atoms with Gasteiger partial charge >= 0.3 is 0 Å². The third-order valence-corrected chi connectivity index (χ3v) is 4.56. The molecule has 1 rings (SSSR count). The molecule has 1 aromatic rings. The zero-order valence-corrected chi connectivity index (χ0v) is 12.1. The summed E-state index contributed by atoms with van der Waals surface area (Å²) in [6.45, 7) is 2.41. The van der Waals surface area contributed by atoms with Crippen molar-refractivity contribution in [3.63, 3.8) is 0 Å². The highest BCUT2D eigenvalue weighted by atomic mass is 35.5. The first-order valence-corrected chi connectivity index (χ1v) is 8.30. The minimum absolute atomic E-state index is 0.0985. The van der Waals surface area contributed by atoms with E-state index in [1.807, 2.05) is 13.2 Å². The molecule has 0 unspecified atom stereocenters. The molecule has 0 aromatic carbocycles. The van der Waals surface area contributed by atoms with Crippen molar-refractivity contribution >= 4 is 33.4 Å². The number of nitrogens with zero attached hydrogens (tertiary/aromatic N) is 1. The molecule has 0 aliphatic rings. The smallest absolute Gasteiger partial charge is 0.242 e. The van der Waals surface area contributed by atoms with Gasteiger partial charge in [0.15, 0.2) is 0 Å². The van der Waals surface area contributed by atoms with Gasteiger partial charge in [-0.15, -0.1) is 0 Å². The van der Waals surface area contributed by atoms with Crippen LogP contribution in [0.5, 0.6) is 0 Å². The van der Waals surface area contributed by atoms with Crippen LogP contribution in [0, 0.1) is 5.92 Å². The number of aromatic nitrogens is 1. The standard InChI is InChI=1S/C10H15ClN2O2S2/c1-8(7-16-2)4-13-17(14,15)10-3-9(11)5-12-6-10/h3,5-6,8,13H,4,7H2,1-2H3/t8-/m1/s1. The number of hydrogen-bond donors (Lipinski definition) is 1. The van der Waals surface area contributed by atoms with Crippen molar-refractivity contribution in [1.82, 2.24) is 9.71 Å². The SMILES string of the molecule is CSC[C@H](C)CNS(=O)(=O)c1cncc(Cl)c1. The molecule has 96 valence electrons. The van der Waals surface area contributed by atoms with Crippen molar-refractivity contribution < 1.29 is 8.42 Å². The molecule has 0 aliphatic heterocycles. The fourth-order valence-electron chi connectivity index (χ4n) is 1.22. The number of nitrogens with one attached hydrogen (secondary N) is 1. The van der Waals surface area contributed by atoms with E-state index in [1.165, 1.54) is 18.5 Å². The lowest BCUT2D eigenvalue weighted by Crippen LogP contribution is -2.29. The largest absolute Gasteiger partial charge is 0.262 e. The van der Waals surface area contributed by atoms with Crippen molar-refractivity contribution in [2.45, 2.75) is 11.8 Å². The van der Waals surface area contributed by atoms with Crippen LogP contribution in [0.25, 0.3) is 0 Å². The maximum Gasteiger partial charge on any atom is 0.242 e. The summed E-state index contributed by atoms with van der Waals surface area (Å²) in [7, 11) is -3.50. The van der Waals surface area contributed by atoms with Crippen molar-refractivity contribution in [1.29, 1.82) is 0 Å². The Balaban J connectivity index is 2.69. The van der Waals surface area contributed by atoms with Crippen LogP contribution in [0.1, 0.15) is 6.92 Å². The van der Waals surface area contributed by atoms with Crippen LogP contribution >= 0.6 is 23.4 Å². The van der Waals surface area contributed by atoms with Crippen LogP contribution in [-0.2, 0) is 10.0 Å². The highest BCUT2D eigenvalue weighted by molar-refractivity contribution is 7.98. The Kier molecular flexibility index (Phi) is 5.72. The minimum Gasteiger partial charge on any atom is -0.262 e. The molecule has 1 heterocycles. The quantitative estimate of drug-likeness (QED) is 0.872. The first-order valence-electron chi connectivity index (χ1n) is 5.05. The van der Waals surface area contributed by atoms with Gasteiger partial charge in [0.2, 0.25) is 10.0 Å². The molecule has 0 amide bonds. The van der Waals surface area contributed by atoms with Crippen LogP contribution in [0.2, 0.25) is 5.02 Å². The van der Waals surface area contributed by atoms with E-state index in [0.717, 1.165) is 5.75 Å². The third kappa shape index (κ3) is 4.83. The van der Waals surface area contributed by atoms with E-state index in [4.69, 9.17) is 11.6 Å². The fourth-order valence-corrected chi connectivity index (χ4v) is 3.30. The molecule has 0 radical (unpaired) electrons. The zero-order chi connectivity index (χ0) is 12.9. The number of pyridine rings is 1. The summed E-state index contributed by atoms with van der Waals surface area (Å²) in [5.74, 6) is 1.20. The van der Waals surface area contributed by atoms with Crippen molar-refractivity contribution in [3.05, 3.63) is 23.5 Å². The molecule has 1 N–H and O–H groups in total. The Morgan fingerprint density at radius 2 is 2.24 bits per heavy atom. The number of halogens is 1. The van der Waals surface area contributed by atoms with Gasteiger partial charge in [-0.25, -0.2) is 13.1 Å². The van der Waals surface area contributed by atoms with Crippen molar-refractivity contribution in [3.8, 4) is 0 Å². The molecule has 1 atom stereocenters. The number of hydrogen-bond acceptors (Lipinski definition) is 4. The average molecular weight is 295 g/mol. The summed E-state index contributed by atoms with van der Waals surface area (Å²) in [5, 5.41) is 0.310. The van der Waals surface area contributed by atoms with Crippen molar-refractivity contribution in [2.75, 3.05) is 18.6 Å². The number of rotatable bonds is 6. The highest BCUT2D eigenvalue weighted by Gasteiger charge is 2.15. The third-order valence-electron chi connectivity index (χ3n) is 2.06. The Morgan fingerprint density at radius 3 is 2.82 bits per heavy atom. The Labute approximate surface area is 111 Å². The van der Waals surface area contributed by atoms with E-state index >= 15 is 0 Å². The summed E-state index contributed by atoms with van der Waals surface area (Å²) < 4.78 is 26.3. The van der Waals surface area contributed by atoms with Gasteiger partial charge in [-0.2, -0.15) is 11.8 Å². The van der Waals surface area contributed by atoms with E-state index < -0.39 is 10.0 Å². The van der Waals surface area contributed by atoms with Crippen LogP contribution in [0.15, 0.2) is 23.4 Å². The lowest BCUT2D eigenvalue weighted by atomic mass is 10.2. The predicted molar refractivity (Wildman–Crippen MR) is 72.0 cm³/mol. The van der Waals surface area contributed by atoms with Crippen LogP contribution in [-0.4, -0.2) is 32.0 Å². The van der Waals surface area contributed by atoms with Gasteiger partial charge in [-0.05, 0) is 24.0 Å². The van der Waals surface area contributed by atoms with Crippen molar-refractivity contribution in [2.24, 2.45) is 5.92 Å². The van der Waals surface area contributed by atoms with Gasteiger partial charge in [0, 0.05) is 18.9 Å². The second-order valence-corrected chi connectivity index (χ2v) is 6.87. The zero-order valence-electron chi connectivity index (χ0n) is 9.68. The summed E-state index contributed by atoms with van der Waals surface area (Å²) in [6.07, 6.45) is 4.68. The first kappa shape index (κ1) is 14.8. The molecule has 17 heavy (non-hydrogen) atoms. The molecule has 0 saturated heterocycles. The monoisotopic (exact) mass is 294 g/mol. The van der Waals surface area contributed by atoms with E-state index in [0.29, 0.717) is 11.6 Å². The average Bonchev–Trinajstić information content (AvgIpc) is 2.27. The Hall–Kier alpha value is -0.300. The summed E-state index contributed by atoms with van der Waals surface area (Å²) in [4.78, 5) is 3.86. The maximum atomic E-state index is 11.9. The lowest BCUT2D eigenvalue weighted by molar-refractivity contribution is 0.562. The minimum atomic E-state index is -3.50. The highest BCUT2D eigenvalue weighted by Crippen LogP contribution is 2.13. The second kappa shape index (κ2) is 6.58. The normalized spacial score (nSPS) is 13.6. The van der Waals surface area contributed by atoms with Gasteiger partial charge < -0.3 is 0 Å². The molecule has 7 heteroatoms. The Morgan fingerprint density at radius 1 is 1.53 bits per heavy atom. The van der Waals surface area contributed by atoms with E-state index in [9.17, 15) is 8.42 Å². The summed E-state index contributed by atoms with van der Waals surface area (Å²) in [5.41, 5.74) is 0. The molecular weight excluding hydrogens is 280 g/mol. The molecule has 0 saturated carbocycles. The van der Waals surface area contributed by atoms with Crippen LogP contribution in [0.3, 0.4) is 0 Å². The maximum absolute atomic E-state index is 11.9. The molecule has 0 spiro atoms. The second-order valence-electron chi connectivity index (χ2n) is 3.75. The molecule has 0 aliphatic carbocycles. The predicted octanol–water partition coefficient (Wildman–Crippen LogP) is 2.01. The summed E-state index contributed by atoms with van der Waals surface area (Å²) in [6, 6.07) is 1.39. The van der Waals surface area contributed by atoms with Gasteiger partial charge in [0.1, 0.15) is 4.90 Å². The fraction of sp³-hybridized carbons (Fsp3) is 0.500. The molecule has 1 aromatic heterocycles. The first-order chi connectivity index (χ1) is 7.95. The topological polar surface area (TPSA) is 59.1 Å². The summed E-state index contributed by atoms with van der Waals surface area (Å²) >= 11 is 7.40. The van der Waals surface area contributed by atoms with E-state index in [-0.39, 0.29) is 10.8 Å². The van der Waals surface area contributed by atoms with Gasteiger partial charge in [-0.1, -0.05) is 18.5 Å². The van der Waals surface area contributed by atoms with Gasteiger partial charge in [0.25, 0.3) is 0 Å². The van der Waals surface area contributed by atoms with Gasteiger partial charge in [0.05, 0.1) is 5.02 Å². The van der Waals surface area contributed by atoms with Crippen LogP contribution in [0.4, 0.5) is 0 Å². The molecule has 4 nitrogen and oxygen atoms in total. The van der Waals surface area contributed by atoms with E-state index in [2.05, 4.69) is 9.71 Å². The molecule has 0 fully saturated rings. The lowest BCUT2D eigenvalue weighted by Gasteiger charge is -2.11. The number of thioether (sulfide) groups is 1. The van der Waals surface area contributed by atoms with Gasteiger partial charge in [-0.3, -0.25) is 4.98 Å². The molecular formula is C10H15ClN2O2S2. The molecule has 0 bridgehead atoms. The van der Waals surface area contributed by atoms with Crippen LogP contribution < -0.4 is 4.72 Å². The number of sulfonamides is 1. The Bertz CT molecular complexity index is 465. The van der Waals surface area contributed by atoms with E-state index in [1.54, 1.807) is 11.8 Å².